The maximum Gasteiger partial charge on any atom is 0.234 e. The Bertz CT molecular complexity index is 344. The van der Waals surface area contributed by atoms with Crippen LogP contribution in [0, 0.1) is 0 Å². The molecule has 0 saturated carbocycles. The SMILES string of the molecule is CC(C)(C)c1cnc(CNC(=O)CN)o1.Cl. The molecule has 1 rings (SSSR count). The van der Waals surface area contributed by atoms with Crippen LogP contribution in [0.25, 0.3) is 0 Å². The summed E-state index contributed by atoms with van der Waals surface area (Å²) in [6, 6.07) is 0. The van der Waals surface area contributed by atoms with Gasteiger partial charge in [-0.25, -0.2) is 4.98 Å². The third-order valence-electron chi connectivity index (χ3n) is 1.91. The molecule has 0 radical (unpaired) electrons. The number of oxazole rings is 1. The topological polar surface area (TPSA) is 81.2 Å². The van der Waals surface area contributed by atoms with Crippen LogP contribution in [0.2, 0.25) is 0 Å². The van der Waals surface area contributed by atoms with E-state index in [2.05, 4.69) is 10.3 Å². The van der Waals surface area contributed by atoms with Crippen molar-refractivity contribution in [3.63, 3.8) is 0 Å². The van der Waals surface area contributed by atoms with Gasteiger partial charge in [0.15, 0.2) is 0 Å². The van der Waals surface area contributed by atoms with Crippen molar-refractivity contribution in [2.45, 2.75) is 32.7 Å². The summed E-state index contributed by atoms with van der Waals surface area (Å²) in [5, 5.41) is 2.59. The highest BCUT2D eigenvalue weighted by Gasteiger charge is 2.19. The molecule has 1 amide bonds. The standard InChI is InChI=1S/C10H17N3O2.ClH/c1-10(2,3)7-5-13-9(15-7)6-12-8(14)4-11;/h5H,4,6,11H2,1-3H3,(H,12,14);1H. The number of amides is 1. The second-order valence-electron chi connectivity index (χ2n) is 4.35. The van der Waals surface area contributed by atoms with Crippen LogP contribution in [0.5, 0.6) is 0 Å². The molecule has 6 heteroatoms. The molecule has 0 unspecified atom stereocenters. The van der Waals surface area contributed by atoms with E-state index >= 15 is 0 Å². The summed E-state index contributed by atoms with van der Waals surface area (Å²) in [4.78, 5) is 14.9. The smallest absolute Gasteiger partial charge is 0.234 e. The van der Waals surface area contributed by atoms with Gasteiger partial charge in [0.25, 0.3) is 0 Å². The van der Waals surface area contributed by atoms with Gasteiger partial charge in [0, 0.05) is 5.41 Å². The van der Waals surface area contributed by atoms with Gasteiger partial charge in [-0.05, 0) is 0 Å². The highest BCUT2D eigenvalue weighted by Crippen LogP contribution is 2.22. The van der Waals surface area contributed by atoms with Crippen molar-refractivity contribution in [1.82, 2.24) is 10.3 Å². The van der Waals surface area contributed by atoms with Gasteiger partial charge >= 0.3 is 0 Å². The molecule has 1 aromatic heterocycles. The van der Waals surface area contributed by atoms with Gasteiger partial charge in [-0.3, -0.25) is 4.79 Å². The first kappa shape index (κ1) is 14.9. The minimum absolute atomic E-state index is 0. The summed E-state index contributed by atoms with van der Waals surface area (Å²) >= 11 is 0. The maximum absolute atomic E-state index is 10.9. The fourth-order valence-electron chi connectivity index (χ4n) is 0.985. The lowest BCUT2D eigenvalue weighted by atomic mass is 9.94. The molecular weight excluding hydrogens is 230 g/mol. The predicted octanol–water partition coefficient (Wildman–Crippen LogP) is 0.969. The summed E-state index contributed by atoms with van der Waals surface area (Å²) in [6.45, 7) is 6.38. The zero-order chi connectivity index (χ0) is 11.5. The molecule has 0 spiro atoms. The zero-order valence-electron chi connectivity index (χ0n) is 9.74. The van der Waals surface area contributed by atoms with Crippen LogP contribution >= 0.6 is 12.4 Å². The van der Waals surface area contributed by atoms with Crippen LogP contribution in [0.1, 0.15) is 32.4 Å². The largest absolute Gasteiger partial charge is 0.443 e. The molecule has 0 aliphatic carbocycles. The van der Waals surface area contributed by atoms with Crippen LogP contribution < -0.4 is 11.1 Å². The van der Waals surface area contributed by atoms with Gasteiger partial charge in [-0.1, -0.05) is 20.8 Å². The Morgan fingerprint density at radius 2 is 2.19 bits per heavy atom. The summed E-state index contributed by atoms with van der Waals surface area (Å²) in [5.41, 5.74) is 5.08. The van der Waals surface area contributed by atoms with Crippen molar-refractivity contribution in [2.75, 3.05) is 6.54 Å². The van der Waals surface area contributed by atoms with Crippen LogP contribution in [0.3, 0.4) is 0 Å². The molecule has 0 aromatic carbocycles. The number of hydrogen-bond acceptors (Lipinski definition) is 4. The first-order valence-corrected chi connectivity index (χ1v) is 4.85. The number of halogens is 1. The average Bonchev–Trinajstić information content (AvgIpc) is 2.61. The molecule has 3 N–H and O–H groups in total. The van der Waals surface area contributed by atoms with E-state index < -0.39 is 0 Å². The maximum atomic E-state index is 10.9. The molecule has 16 heavy (non-hydrogen) atoms. The van der Waals surface area contributed by atoms with Crippen LogP contribution in [0.4, 0.5) is 0 Å². The Labute approximate surface area is 101 Å². The van der Waals surface area contributed by atoms with Gasteiger partial charge in [0.1, 0.15) is 5.76 Å². The Balaban J connectivity index is 0.00000225. The van der Waals surface area contributed by atoms with Gasteiger partial charge < -0.3 is 15.5 Å². The molecule has 1 aromatic rings. The molecule has 0 aliphatic rings. The number of hydrogen-bond donors (Lipinski definition) is 2. The summed E-state index contributed by atoms with van der Waals surface area (Å²) in [7, 11) is 0. The minimum atomic E-state index is -0.217. The van der Waals surface area contributed by atoms with Crippen LogP contribution in [0.15, 0.2) is 10.6 Å². The normalized spacial score (nSPS) is 10.8. The third kappa shape index (κ3) is 4.20. The second-order valence-corrected chi connectivity index (χ2v) is 4.35. The minimum Gasteiger partial charge on any atom is -0.443 e. The molecule has 0 atom stereocenters. The van der Waals surface area contributed by atoms with Gasteiger partial charge in [0.05, 0.1) is 19.3 Å². The number of rotatable bonds is 3. The predicted molar refractivity (Wildman–Crippen MR) is 63.4 cm³/mol. The fraction of sp³-hybridized carbons (Fsp3) is 0.600. The number of carbonyl (C=O) groups excluding carboxylic acids is 1. The van der Waals surface area contributed by atoms with Crippen molar-refractivity contribution in [3.8, 4) is 0 Å². The van der Waals surface area contributed by atoms with Crippen LogP contribution in [-0.2, 0) is 16.8 Å². The van der Waals surface area contributed by atoms with E-state index in [0.29, 0.717) is 5.89 Å². The van der Waals surface area contributed by atoms with Gasteiger partial charge in [0.2, 0.25) is 11.8 Å². The molecule has 0 saturated heterocycles. The monoisotopic (exact) mass is 247 g/mol. The quantitative estimate of drug-likeness (QED) is 0.834. The van der Waals surface area contributed by atoms with Crippen molar-refractivity contribution in [1.29, 1.82) is 0 Å². The summed E-state index contributed by atoms with van der Waals surface area (Å²) in [6.07, 6.45) is 1.68. The van der Waals surface area contributed by atoms with Crippen LogP contribution in [-0.4, -0.2) is 17.4 Å². The van der Waals surface area contributed by atoms with Crippen molar-refractivity contribution in [3.05, 3.63) is 17.8 Å². The number of aromatic nitrogens is 1. The number of nitrogens with two attached hydrogens (primary N) is 1. The van der Waals surface area contributed by atoms with E-state index in [-0.39, 0.29) is 36.8 Å². The van der Waals surface area contributed by atoms with Crippen molar-refractivity contribution in [2.24, 2.45) is 5.73 Å². The van der Waals surface area contributed by atoms with Crippen molar-refractivity contribution >= 4 is 18.3 Å². The molecule has 92 valence electrons. The fourth-order valence-corrected chi connectivity index (χ4v) is 0.985. The Morgan fingerprint density at radius 3 is 2.62 bits per heavy atom. The lowest BCUT2D eigenvalue weighted by Gasteiger charge is -2.13. The van der Waals surface area contributed by atoms with Crippen molar-refractivity contribution < 1.29 is 9.21 Å². The number of carbonyl (C=O) groups is 1. The van der Waals surface area contributed by atoms with E-state index in [1.807, 2.05) is 20.8 Å². The first-order valence-electron chi connectivity index (χ1n) is 4.85. The third-order valence-corrected chi connectivity index (χ3v) is 1.91. The van der Waals surface area contributed by atoms with E-state index in [0.717, 1.165) is 5.76 Å². The summed E-state index contributed by atoms with van der Waals surface area (Å²) in [5.74, 6) is 1.09. The van der Waals surface area contributed by atoms with Gasteiger partial charge in [-0.15, -0.1) is 12.4 Å². The van der Waals surface area contributed by atoms with E-state index in [1.165, 1.54) is 0 Å². The van der Waals surface area contributed by atoms with E-state index in [4.69, 9.17) is 10.2 Å². The van der Waals surface area contributed by atoms with E-state index in [1.54, 1.807) is 6.20 Å². The van der Waals surface area contributed by atoms with E-state index in [9.17, 15) is 4.79 Å². The molecular formula is C10H18ClN3O2. The first-order chi connectivity index (χ1) is 6.93. The summed E-state index contributed by atoms with van der Waals surface area (Å²) < 4.78 is 5.48. The average molecular weight is 248 g/mol. The molecule has 0 fully saturated rings. The molecule has 1 heterocycles. The zero-order valence-corrected chi connectivity index (χ0v) is 10.6. The molecule has 0 aliphatic heterocycles. The Morgan fingerprint density at radius 1 is 1.56 bits per heavy atom. The molecule has 5 nitrogen and oxygen atoms in total. The second kappa shape index (κ2) is 5.86. The van der Waals surface area contributed by atoms with Gasteiger partial charge in [-0.2, -0.15) is 0 Å². The Hall–Kier alpha value is -1.07. The highest BCUT2D eigenvalue weighted by atomic mass is 35.5. The Kier molecular flexibility index (Phi) is 5.47. The number of nitrogens with zero attached hydrogens (tertiary/aromatic N) is 1. The lowest BCUT2D eigenvalue weighted by Crippen LogP contribution is -2.29. The highest BCUT2D eigenvalue weighted by molar-refractivity contribution is 5.85. The lowest BCUT2D eigenvalue weighted by molar-refractivity contribution is -0.120. The number of nitrogens with one attached hydrogen (secondary N) is 1. The molecule has 0 bridgehead atoms.